The lowest BCUT2D eigenvalue weighted by Crippen LogP contribution is -2.08. The van der Waals surface area contributed by atoms with Crippen LogP contribution in [0.25, 0.3) is 10.9 Å². The van der Waals surface area contributed by atoms with E-state index in [1.54, 1.807) is 0 Å². The van der Waals surface area contributed by atoms with Crippen molar-refractivity contribution in [1.29, 1.82) is 0 Å². The molecule has 3 nitrogen and oxygen atoms in total. The molecule has 1 aromatic carbocycles. The van der Waals surface area contributed by atoms with Gasteiger partial charge < -0.3 is 10.3 Å². The van der Waals surface area contributed by atoms with Crippen LogP contribution in [0.2, 0.25) is 0 Å². The molecule has 2 N–H and O–H groups in total. The molecule has 24 heavy (non-hydrogen) atoms. The second-order valence-corrected chi connectivity index (χ2v) is 6.85. The van der Waals surface area contributed by atoms with Gasteiger partial charge in [-0.1, -0.05) is 24.6 Å². The minimum absolute atomic E-state index is 0.386. The first kappa shape index (κ1) is 16.7. The summed E-state index contributed by atoms with van der Waals surface area (Å²) in [6.45, 7) is 8.09. The zero-order valence-electron chi connectivity index (χ0n) is 14.9. The molecule has 0 saturated heterocycles. The van der Waals surface area contributed by atoms with Crippen LogP contribution in [0.4, 0.5) is 0 Å². The van der Waals surface area contributed by atoms with E-state index in [9.17, 15) is 0 Å². The van der Waals surface area contributed by atoms with Gasteiger partial charge in [-0.25, -0.2) is 0 Å². The fraction of sp³-hybridized carbons (Fsp3) is 0.381. The van der Waals surface area contributed by atoms with Gasteiger partial charge >= 0.3 is 0 Å². The first-order valence-corrected chi connectivity index (χ1v) is 8.79. The third kappa shape index (κ3) is 3.51. The van der Waals surface area contributed by atoms with Gasteiger partial charge in [-0.3, -0.25) is 4.98 Å². The standard InChI is InChI=1S/C21H27N3/c1-15-6-9-21-19(11-15)20(16(2)12-22)14-24(21)10-4-5-18-8-7-17(3)23-13-18/h6-9,11,13-14,16H,4-5,10,12,22H2,1-3H3. The summed E-state index contributed by atoms with van der Waals surface area (Å²) in [6, 6.07) is 11.0. The summed E-state index contributed by atoms with van der Waals surface area (Å²) in [6.07, 6.45) is 6.46. The van der Waals surface area contributed by atoms with Crippen molar-refractivity contribution in [3.8, 4) is 0 Å². The van der Waals surface area contributed by atoms with Gasteiger partial charge in [-0.2, -0.15) is 0 Å². The van der Waals surface area contributed by atoms with Crippen LogP contribution < -0.4 is 5.73 Å². The summed E-state index contributed by atoms with van der Waals surface area (Å²) < 4.78 is 2.39. The fourth-order valence-corrected chi connectivity index (χ4v) is 3.24. The second kappa shape index (κ2) is 7.18. The Morgan fingerprint density at radius 1 is 1.17 bits per heavy atom. The number of hydrogen-bond acceptors (Lipinski definition) is 2. The summed E-state index contributed by atoms with van der Waals surface area (Å²) in [7, 11) is 0. The van der Waals surface area contributed by atoms with E-state index in [4.69, 9.17) is 5.73 Å². The molecule has 0 spiro atoms. The van der Waals surface area contributed by atoms with Gasteiger partial charge in [-0.05, 0) is 68.5 Å². The summed E-state index contributed by atoms with van der Waals surface area (Å²) in [5, 5.41) is 1.35. The molecule has 2 heterocycles. The Bertz CT molecular complexity index is 815. The van der Waals surface area contributed by atoms with Crippen molar-refractivity contribution >= 4 is 10.9 Å². The highest BCUT2D eigenvalue weighted by Gasteiger charge is 2.13. The molecule has 0 aliphatic carbocycles. The van der Waals surface area contributed by atoms with Gasteiger partial charge in [0.2, 0.25) is 0 Å². The quantitative estimate of drug-likeness (QED) is 0.733. The largest absolute Gasteiger partial charge is 0.347 e. The molecule has 0 aliphatic rings. The monoisotopic (exact) mass is 321 g/mol. The van der Waals surface area contributed by atoms with Crippen molar-refractivity contribution in [1.82, 2.24) is 9.55 Å². The predicted molar refractivity (Wildman–Crippen MR) is 101 cm³/mol. The Hall–Kier alpha value is -2.13. The number of aryl methyl sites for hydroxylation is 4. The molecule has 3 aromatic rings. The lowest BCUT2D eigenvalue weighted by atomic mass is 10.00. The van der Waals surface area contributed by atoms with Crippen LogP contribution in [0.15, 0.2) is 42.7 Å². The normalized spacial score (nSPS) is 12.7. The molecule has 0 saturated carbocycles. The number of nitrogens with zero attached hydrogens (tertiary/aromatic N) is 2. The number of benzene rings is 1. The van der Waals surface area contributed by atoms with Crippen LogP contribution in [0, 0.1) is 13.8 Å². The molecule has 0 bridgehead atoms. The number of rotatable bonds is 6. The molecule has 0 amide bonds. The number of hydrogen-bond donors (Lipinski definition) is 1. The van der Waals surface area contributed by atoms with E-state index in [2.05, 4.69) is 59.9 Å². The van der Waals surface area contributed by atoms with Gasteiger partial charge in [0, 0.05) is 35.5 Å². The molecule has 2 aromatic heterocycles. The summed E-state index contributed by atoms with van der Waals surface area (Å²) >= 11 is 0. The number of nitrogens with two attached hydrogens (primary N) is 1. The minimum atomic E-state index is 0.386. The summed E-state index contributed by atoms with van der Waals surface area (Å²) in [5.74, 6) is 0.386. The van der Waals surface area contributed by atoms with E-state index in [1.165, 1.54) is 27.6 Å². The molecule has 126 valence electrons. The lowest BCUT2D eigenvalue weighted by Gasteiger charge is -2.06. The highest BCUT2D eigenvalue weighted by Crippen LogP contribution is 2.28. The van der Waals surface area contributed by atoms with Crippen LogP contribution >= 0.6 is 0 Å². The van der Waals surface area contributed by atoms with Crippen molar-refractivity contribution in [2.75, 3.05) is 6.54 Å². The first-order valence-electron chi connectivity index (χ1n) is 8.79. The fourth-order valence-electron chi connectivity index (χ4n) is 3.24. The molecule has 0 fully saturated rings. The van der Waals surface area contributed by atoms with Crippen molar-refractivity contribution in [3.05, 3.63) is 65.1 Å². The second-order valence-electron chi connectivity index (χ2n) is 6.85. The third-order valence-electron chi connectivity index (χ3n) is 4.79. The molecular formula is C21H27N3. The Balaban J connectivity index is 1.80. The van der Waals surface area contributed by atoms with Gasteiger partial charge in [0.15, 0.2) is 0 Å². The SMILES string of the molecule is Cc1ccc2c(c1)c(C(C)CN)cn2CCCc1ccc(C)nc1. The highest BCUT2D eigenvalue weighted by molar-refractivity contribution is 5.85. The van der Waals surface area contributed by atoms with Gasteiger partial charge in [-0.15, -0.1) is 0 Å². The number of pyridine rings is 1. The smallest absolute Gasteiger partial charge is 0.0483 e. The Kier molecular flexibility index (Phi) is 5.00. The summed E-state index contributed by atoms with van der Waals surface area (Å²) in [5.41, 5.74) is 12.3. The van der Waals surface area contributed by atoms with E-state index in [1.807, 2.05) is 13.1 Å². The third-order valence-corrected chi connectivity index (χ3v) is 4.79. The van der Waals surface area contributed by atoms with Crippen molar-refractivity contribution in [2.45, 2.75) is 46.1 Å². The molecule has 3 heteroatoms. The van der Waals surface area contributed by atoms with Gasteiger partial charge in [0.1, 0.15) is 0 Å². The van der Waals surface area contributed by atoms with E-state index >= 15 is 0 Å². The number of fused-ring (bicyclic) bond motifs is 1. The Labute approximate surface area is 144 Å². The van der Waals surface area contributed by atoms with E-state index < -0.39 is 0 Å². The van der Waals surface area contributed by atoms with E-state index in [0.29, 0.717) is 12.5 Å². The van der Waals surface area contributed by atoms with Gasteiger partial charge in [0.25, 0.3) is 0 Å². The first-order chi connectivity index (χ1) is 11.6. The maximum atomic E-state index is 5.91. The Morgan fingerprint density at radius 3 is 2.71 bits per heavy atom. The zero-order chi connectivity index (χ0) is 17.1. The average molecular weight is 321 g/mol. The van der Waals surface area contributed by atoms with Crippen LogP contribution in [0.1, 0.15) is 41.6 Å². The predicted octanol–water partition coefficient (Wildman–Crippen LogP) is 4.35. The lowest BCUT2D eigenvalue weighted by molar-refractivity contribution is 0.655. The number of aromatic nitrogens is 2. The van der Waals surface area contributed by atoms with Crippen LogP contribution in [-0.2, 0) is 13.0 Å². The zero-order valence-corrected chi connectivity index (χ0v) is 14.9. The van der Waals surface area contributed by atoms with Crippen LogP contribution in [-0.4, -0.2) is 16.1 Å². The van der Waals surface area contributed by atoms with Crippen molar-refractivity contribution < 1.29 is 0 Å². The van der Waals surface area contributed by atoms with Gasteiger partial charge in [0.05, 0.1) is 0 Å². The molecular weight excluding hydrogens is 294 g/mol. The minimum Gasteiger partial charge on any atom is -0.347 e. The maximum Gasteiger partial charge on any atom is 0.0483 e. The van der Waals surface area contributed by atoms with Crippen LogP contribution in [0.5, 0.6) is 0 Å². The molecule has 1 unspecified atom stereocenters. The maximum absolute atomic E-state index is 5.91. The molecule has 3 rings (SSSR count). The van der Waals surface area contributed by atoms with Crippen LogP contribution in [0.3, 0.4) is 0 Å². The molecule has 0 aliphatic heterocycles. The Morgan fingerprint density at radius 2 is 2.00 bits per heavy atom. The topological polar surface area (TPSA) is 43.8 Å². The molecule has 0 radical (unpaired) electrons. The van der Waals surface area contributed by atoms with Crippen molar-refractivity contribution in [2.24, 2.45) is 5.73 Å². The van der Waals surface area contributed by atoms with E-state index in [-0.39, 0.29) is 0 Å². The van der Waals surface area contributed by atoms with Crippen molar-refractivity contribution in [3.63, 3.8) is 0 Å². The summed E-state index contributed by atoms with van der Waals surface area (Å²) in [4.78, 5) is 4.38. The highest BCUT2D eigenvalue weighted by atomic mass is 15.0. The van der Waals surface area contributed by atoms with E-state index in [0.717, 1.165) is 25.1 Å². The average Bonchev–Trinajstić information content (AvgIpc) is 2.94. The molecule has 1 atom stereocenters.